The molecule has 2 aromatic carbocycles. The lowest BCUT2D eigenvalue weighted by atomic mass is 9.95. The van der Waals surface area contributed by atoms with Crippen LogP contribution in [0.5, 0.6) is 5.75 Å². The molecule has 1 aromatic heterocycles. The maximum atomic E-state index is 12.6. The highest BCUT2D eigenvalue weighted by atomic mass is 32.1. The quantitative estimate of drug-likeness (QED) is 0.566. The van der Waals surface area contributed by atoms with Crippen molar-refractivity contribution in [1.82, 2.24) is 4.98 Å². The lowest BCUT2D eigenvalue weighted by Gasteiger charge is -2.19. The van der Waals surface area contributed by atoms with Gasteiger partial charge in [0, 0.05) is 27.7 Å². The second-order valence-electron chi connectivity index (χ2n) is 7.98. The van der Waals surface area contributed by atoms with E-state index in [9.17, 15) is 9.59 Å². The molecule has 3 rings (SSSR count). The summed E-state index contributed by atoms with van der Waals surface area (Å²) >= 11 is 1.52. The molecule has 0 saturated heterocycles. The first-order chi connectivity index (χ1) is 14.2. The van der Waals surface area contributed by atoms with Gasteiger partial charge in [-0.3, -0.25) is 9.59 Å². The van der Waals surface area contributed by atoms with Gasteiger partial charge in [-0.15, -0.1) is 11.3 Å². The minimum Gasteiger partial charge on any atom is -0.487 e. The van der Waals surface area contributed by atoms with E-state index in [1.807, 2.05) is 45.2 Å². The summed E-state index contributed by atoms with van der Waals surface area (Å²) in [5.74, 6) is 0.349. The van der Waals surface area contributed by atoms with E-state index in [0.29, 0.717) is 29.3 Å². The van der Waals surface area contributed by atoms with Crippen molar-refractivity contribution in [3.05, 3.63) is 70.2 Å². The van der Waals surface area contributed by atoms with E-state index in [-0.39, 0.29) is 11.8 Å². The molecule has 0 saturated carbocycles. The third-order valence-corrected chi connectivity index (χ3v) is 5.05. The van der Waals surface area contributed by atoms with E-state index >= 15 is 0 Å². The van der Waals surface area contributed by atoms with E-state index < -0.39 is 5.41 Å². The Hall–Kier alpha value is -3.19. The number of benzene rings is 2. The number of ether oxygens (including phenoxy) is 1. The molecular formula is C23H25N3O3S. The molecule has 0 bridgehead atoms. The van der Waals surface area contributed by atoms with E-state index in [4.69, 9.17) is 4.74 Å². The molecule has 1 heterocycles. The Morgan fingerprint density at radius 3 is 2.43 bits per heavy atom. The van der Waals surface area contributed by atoms with Gasteiger partial charge < -0.3 is 15.4 Å². The summed E-state index contributed by atoms with van der Waals surface area (Å²) in [6.07, 6.45) is 0. The number of aryl methyl sites for hydroxylation is 1. The Morgan fingerprint density at radius 1 is 1.07 bits per heavy atom. The summed E-state index contributed by atoms with van der Waals surface area (Å²) in [5.41, 5.74) is 4.85. The molecule has 0 unspecified atom stereocenters. The molecule has 0 fully saturated rings. The van der Waals surface area contributed by atoms with Gasteiger partial charge in [0.15, 0.2) is 0 Å². The van der Waals surface area contributed by atoms with E-state index in [2.05, 4.69) is 15.6 Å². The number of nitrogens with zero attached hydrogens (tertiary/aromatic N) is 1. The number of anilines is 2. The van der Waals surface area contributed by atoms with E-state index in [1.54, 1.807) is 35.8 Å². The minimum absolute atomic E-state index is 0.0812. The molecular weight excluding hydrogens is 398 g/mol. The predicted molar refractivity (Wildman–Crippen MR) is 120 cm³/mol. The zero-order valence-corrected chi connectivity index (χ0v) is 18.3. The number of hydrogen-bond donors (Lipinski definition) is 2. The van der Waals surface area contributed by atoms with Gasteiger partial charge in [0.05, 0.1) is 11.2 Å². The molecule has 0 atom stereocenters. The van der Waals surface area contributed by atoms with Crippen LogP contribution in [0.15, 0.2) is 53.4 Å². The fourth-order valence-corrected chi connectivity index (χ4v) is 3.06. The average Bonchev–Trinajstić information content (AvgIpc) is 3.22. The third-order valence-electron chi connectivity index (χ3n) is 4.41. The predicted octanol–water partition coefficient (Wildman–Crippen LogP) is 5.27. The van der Waals surface area contributed by atoms with Crippen molar-refractivity contribution in [2.24, 2.45) is 5.41 Å². The maximum Gasteiger partial charge on any atom is 0.255 e. The largest absolute Gasteiger partial charge is 0.487 e. The fourth-order valence-electron chi connectivity index (χ4n) is 2.52. The summed E-state index contributed by atoms with van der Waals surface area (Å²) in [6.45, 7) is 7.87. The Morgan fingerprint density at radius 2 is 1.80 bits per heavy atom. The fraction of sp³-hybridized carbons (Fsp3) is 0.261. The number of carbonyl (C=O) groups excluding carboxylic acids is 2. The number of carbonyl (C=O) groups is 2. The standard InChI is InChI=1S/C23H25N3O3S/c1-15-5-8-17(11-20(15)26-22(28)23(2,3)4)25-21(27)16-6-9-19(10-7-16)29-12-18-13-30-14-24-18/h5-11,13-14H,12H2,1-4H3,(H,25,27)(H,26,28). The summed E-state index contributed by atoms with van der Waals surface area (Å²) < 4.78 is 5.67. The molecule has 156 valence electrons. The van der Waals surface area contributed by atoms with Crippen molar-refractivity contribution in [2.75, 3.05) is 10.6 Å². The average molecular weight is 424 g/mol. The highest BCUT2D eigenvalue weighted by Gasteiger charge is 2.21. The molecule has 0 aliphatic carbocycles. The van der Waals surface area contributed by atoms with Gasteiger partial charge in [-0.25, -0.2) is 4.98 Å². The first-order valence-corrected chi connectivity index (χ1v) is 10.5. The smallest absolute Gasteiger partial charge is 0.255 e. The number of amides is 2. The monoisotopic (exact) mass is 423 g/mol. The maximum absolute atomic E-state index is 12.6. The molecule has 2 N–H and O–H groups in total. The lowest BCUT2D eigenvalue weighted by molar-refractivity contribution is -0.123. The van der Waals surface area contributed by atoms with Crippen LogP contribution < -0.4 is 15.4 Å². The van der Waals surface area contributed by atoms with Gasteiger partial charge in [0.25, 0.3) is 5.91 Å². The zero-order valence-electron chi connectivity index (χ0n) is 17.5. The number of hydrogen-bond acceptors (Lipinski definition) is 5. The summed E-state index contributed by atoms with van der Waals surface area (Å²) in [5, 5.41) is 7.73. The summed E-state index contributed by atoms with van der Waals surface area (Å²) in [7, 11) is 0. The van der Waals surface area contributed by atoms with Crippen LogP contribution in [0.4, 0.5) is 11.4 Å². The van der Waals surface area contributed by atoms with Crippen LogP contribution in [-0.2, 0) is 11.4 Å². The third kappa shape index (κ3) is 5.67. The molecule has 0 aliphatic rings. The lowest BCUT2D eigenvalue weighted by Crippen LogP contribution is -2.28. The SMILES string of the molecule is Cc1ccc(NC(=O)c2ccc(OCc3cscn3)cc2)cc1NC(=O)C(C)(C)C. The molecule has 0 radical (unpaired) electrons. The molecule has 30 heavy (non-hydrogen) atoms. The molecule has 0 spiro atoms. The van der Waals surface area contributed by atoms with Gasteiger partial charge in [-0.05, 0) is 48.9 Å². The van der Waals surface area contributed by atoms with Crippen LogP contribution in [-0.4, -0.2) is 16.8 Å². The zero-order chi connectivity index (χ0) is 21.7. The molecule has 7 heteroatoms. The van der Waals surface area contributed by atoms with Crippen molar-refractivity contribution in [1.29, 1.82) is 0 Å². The van der Waals surface area contributed by atoms with Crippen LogP contribution in [0.2, 0.25) is 0 Å². The summed E-state index contributed by atoms with van der Waals surface area (Å²) in [6, 6.07) is 12.4. The van der Waals surface area contributed by atoms with Crippen LogP contribution in [0, 0.1) is 12.3 Å². The molecule has 2 amide bonds. The van der Waals surface area contributed by atoms with Gasteiger partial charge >= 0.3 is 0 Å². The topological polar surface area (TPSA) is 80.3 Å². The number of nitrogens with one attached hydrogen (secondary N) is 2. The van der Waals surface area contributed by atoms with Crippen LogP contribution in [0.1, 0.15) is 42.4 Å². The van der Waals surface area contributed by atoms with Crippen LogP contribution >= 0.6 is 11.3 Å². The highest BCUT2D eigenvalue weighted by molar-refractivity contribution is 7.07. The number of thiazole rings is 1. The Bertz CT molecular complexity index is 1020. The van der Waals surface area contributed by atoms with Gasteiger partial charge in [0.1, 0.15) is 12.4 Å². The molecule has 0 aliphatic heterocycles. The van der Waals surface area contributed by atoms with E-state index in [1.165, 1.54) is 11.3 Å². The van der Waals surface area contributed by atoms with Gasteiger partial charge in [-0.2, -0.15) is 0 Å². The molecule has 6 nitrogen and oxygen atoms in total. The van der Waals surface area contributed by atoms with Crippen molar-refractivity contribution < 1.29 is 14.3 Å². The van der Waals surface area contributed by atoms with Gasteiger partial charge in [0.2, 0.25) is 5.91 Å². The van der Waals surface area contributed by atoms with Crippen LogP contribution in [0.25, 0.3) is 0 Å². The first-order valence-electron chi connectivity index (χ1n) is 9.56. The van der Waals surface area contributed by atoms with E-state index in [0.717, 1.165) is 11.3 Å². The van der Waals surface area contributed by atoms with Crippen molar-refractivity contribution >= 4 is 34.5 Å². The van der Waals surface area contributed by atoms with Crippen molar-refractivity contribution in [2.45, 2.75) is 34.3 Å². The second kappa shape index (κ2) is 9.09. The highest BCUT2D eigenvalue weighted by Crippen LogP contribution is 2.24. The Balaban J connectivity index is 1.64. The van der Waals surface area contributed by atoms with Crippen LogP contribution in [0.3, 0.4) is 0 Å². The van der Waals surface area contributed by atoms with Crippen molar-refractivity contribution in [3.8, 4) is 5.75 Å². The van der Waals surface area contributed by atoms with Crippen molar-refractivity contribution in [3.63, 3.8) is 0 Å². The normalized spacial score (nSPS) is 11.1. The summed E-state index contributed by atoms with van der Waals surface area (Å²) in [4.78, 5) is 29.1. The second-order valence-corrected chi connectivity index (χ2v) is 8.70. The molecule has 3 aromatic rings. The Labute approximate surface area is 180 Å². The number of aromatic nitrogens is 1. The van der Waals surface area contributed by atoms with Gasteiger partial charge in [-0.1, -0.05) is 26.8 Å². The Kier molecular flexibility index (Phi) is 6.52. The number of rotatable bonds is 6. The minimum atomic E-state index is -0.505. The first kappa shape index (κ1) is 21.5.